The summed E-state index contributed by atoms with van der Waals surface area (Å²) in [4.78, 5) is 22.9. The van der Waals surface area contributed by atoms with Crippen LogP contribution >= 0.6 is 0 Å². The molecule has 0 saturated heterocycles. The van der Waals surface area contributed by atoms with Gasteiger partial charge in [0.1, 0.15) is 22.8 Å². The summed E-state index contributed by atoms with van der Waals surface area (Å²) in [6.07, 6.45) is 1.06. The first-order chi connectivity index (χ1) is 13.3. The highest BCUT2D eigenvalue weighted by molar-refractivity contribution is 6.01. The van der Waals surface area contributed by atoms with Crippen molar-refractivity contribution in [3.8, 4) is 28.7 Å². The van der Waals surface area contributed by atoms with Crippen LogP contribution in [-0.2, 0) is 11.2 Å². The molecule has 2 aromatic rings. The minimum absolute atomic E-state index is 0.0228. The van der Waals surface area contributed by atoms with Crippen molar-refractivity contribution in [2.45, 2.75) is 26.2 Å². The number of rotatable bonds is 10. The van der Waals surface area contributed by atoms with Crippen molar-refractivity contribution >= 4 is 11.8 Å². The Kier molecular flexibility index (Phi) is 7.08. The van der Waals surface area contributed by atoms with Gasteiger partial charge in [0, 0.05) is 18.6 Å². The number of aromatic hydroxyl groups is 3. The zero-order chi connectivity index (χ0) is 20.7. The van der Waals surface area contributed by atoms with Gasteiger partial charge in [-0.05, 0) is 30.5 Å². The smallest absolute Gasteiger partial charge is 0.341 e. The fourth-order valence-electron chi connectivity index (χ4n) is 2.54. The normalized spacial score (nSPS) is 10.5. The molecule has 0 amide bonds. The van der Waals surface area contributed by atoms with Crippen molar-refractivity contribution in [2.24, 2.45) is 0 Å². The number of ketones is 1. The van der Waals surface area contributed by atoms with Crippen molar-refractivity contribution in [3.63, 3.8) is 0 Å². The van der Waals surface area contributed by atoms with Crippen LogP contribution in [-0.4, -0.2) is 45.4 Å². The molecule has 2 rings (SSSR count). The predicted molar refractivity (Wildman–Crippen MR) is 99.4 cm³/mol. The number of phenols is 3. The first kappa shape index (κ1) is 20.9. The van der Waals surface area contributed by atoms with Crippen LogP contribution in [0.5, 0.6) is 28.7 Å². The van der Waals surface area contributed by atoms with E-state index >= 15 is 0 Å². The van der Waals surface area contributed by atoms with E-state index in [2.05, 4.69) is 0 Å². The lowest BCUT2D eigenvalue weighted by Gasteiger charge is -2.11. The van der Waals surface area contributed by atoms with Gasteiger partial charge in [0.05, 0.1) is 6.61 Å². The highest BCUT2D eigenvalue weighted by atomic mass is 16.5. The molecule has 0 fully saturated rings. The standard InChI is InChI=1S/C20H22O8/c1-2-7-27-18-6-4-12(8-15(18)22)3-5-14(21)20-16(23)9-13(10-17(20)24)28-11-19(25)26/h4,6,8-10,22-24H,2-3,5,7,11H2,1H3,(H,25,26). The van der Waals surface area contributed by atoms with Gasteiger partial charge in [-0.15, -0.1) is 0 Å². The highest BCUT2D eigenvalue weighted by Gasteiger charge is 2.19. The van der Waals surface area contributed by atoms with Crippen molar-refractivity contribution in [1.29, 1.82) is 0 Å². The number of carbonyl (C=O) groups excluding carboxylic acids is 1. The minimum atomic E-state index is -1.21. The molecule has 2 aromatic carbocycles. The summed E-state index contributed by atoms with van der Waals surface area (Å²) in [5.41, 5.74) is 0.421. The second kappa shape index (κ2) is 9.50. The van der Waals surface area contributed by atoms with E-state index in [1.165, 1.54) is 6.07 Å². The number of carboxylic acids is 1. The highest BCUT2D eigenvalue weighted by Crippen LogP contribution is 2.34. The van der Waals surface area contributed by atoms with Crippen LogP contribution in [0.2, 0.25) is 0 Å². The SMILES string of the molecule is CCCOc1ccc(CCC(=O)c2c(O)cc(OCC(=O)O)cc2O)cc1O. The van der Waals surface area contributed by atoms with E-state index in [1.54, 1.807) is 12.1 Å². The van der Waals surface area contributed by atoms with E-state index in [4.69, 9.17) is 14.6 Å². The number of phenolic OH excluding ortho intramolecular Hbond substituents is 3. The van der Waals surface area contributed by atoms with Gasteiger partial charge >= 0.3 is 5.97 Å². The number of Topliss-reactive ketones (excluding diaryl/α,β-unsaturated/α-hetero) is 1. The lowest BCUT2D eigenvalue weighted by molar-refractivity contribution is -0.139. The second-order valence-electron chi connectivity index (χ2n) is 6.09. The Balaban J connectivity index is 2.05. The van der Waals surface area contributed by atoms with Gasteiger partial charge in [0.25, 0.3) is 0 Å². The van der Waals surface area contributed by atoms with Crippen molar-refractivity contribution in [1.82, 2.24) is 0 Å². The van der Waals surface area contributed by atoms with Crippen LogP contribution in [0, 0.1) is 0 Å². The molecule has 0 saturated carbocycles. The summed E-state index contributed by atoms with van der Waals surface area (Å²) < 4.78 is 10.3. The van der Waals surface area contributed by atoms with E-state index in [0.717, 1.165) is 18.6 Å². The van der Waals surface area contributed by atoms with E-state index in [-0.39, 0.29) is 29.9 Å². The average Bonchev–Trinajstić information content (AvgIpc) is 2.63. The Bertz CT molecular complexity index is 836. The molecular formula is C20H22O8. The number of aryl methyl sites for hydroxylation is 1. The lowest BCUT2D eigenvalue weighted by atomic mass is 10.0. The number of carboxylic acid groups (broad SMARTS) is 1. The van der Waals surface area contributed by atoms with E-state index in [9.17, 15) is 24.9 Å². The predicted octanol–water partition coefficient (Wildman–Crippen LogP) is 2.87. The maximum atomic E-state index is 12.4. The number of hydrogen-bond acceptors (Lipinski definition) is 7. The number of benzene rings is 2. The molecule has 0 radical (unpaired) electrons. The monoisotopic (exact) mass is 390 g/mol. The third-order valence-electron chi connectivity index (χ3n) is 3.84. The fraction of sp³-hybridized carbons (Fsp3) is 0.300. The molecule has 0 aliphatic carbocycles. The van der Waals surface area contributed by atoms with Crippen LogP contribution < -0.4 is 9.47 Å². The quantitative estimate of drug-likeness (QED) is 0.455. The molecule has 150 valence electrons. The van der Waals surface area contributed by atoms with Gasteiger partial charge in [0.2, 0.25) is 0 Å². The Morgan fingerprint density at radius 2 is 1.64 bits per heavy atom. The van der Waals surface area contributed by atoms with Gasteiger partial charge in [0.15, 0.2) is 23.9 Å². The summed E-state index contributed by atoms with van der Waals surface area (Å²) >= 11 is 0. The minimum Gasteiger partial charge on any atom is -0.507 e. The van der Waals surface area contributed by atoms with E-state index < -0.39 is 29.9 Å². The van der Waals surface area contributed by atoms with Crippen LogP contribution in [0.4, 0.5) is 0 Å². The summed E-state index contributed by atoms with van der Waals surface area (Å²) in [6, 6.07) is 6.98. The maximum Gasteiger partial charge on any atom is 0.341 e. The van der Waals surface area contributed by atoms with Crippen molar-refractivity contribution < 1.29 is 39.5 Å². The van der Waals surface area contributed by atoms with Gasteiger partial charge in [-0.3, -0.25) is 4.79 Å². The first-order valence-electron chi connectivity index (χ1n) is 8.70. The van der Waals surface area contributed by atoms with Gasteiger partial charge in [-0.1, -0.05) is 13.0 Å². The number of ether oxygens (including phenoxy) is 2. The third-order valence-corrected chi connectivity index (χ3v) is 3.84. The summed E-state index contributed by atoms with van der Waals surface area (Å²) in [6.45, 7) is 1.79. The molecular weight excluding hydrogens is 368 g/mol. The molecule has 0 heterocycles. The number of carbonyl (C=O) groups is 2. The van der Waals surface area contributed by atoms with Crippen molar-refractivity contribution in [2.75, 3.05) is 13.2 Å². The van der Waals surface area contributed by atoms with E-state index in [1.807, 2.05) is 6.92 Å². The number of hydrogen-bond donors (Lipinski definition) is 4. The Morgan fingerprint density at radius 1 is 0.964 bits per heavy atom. The van der Waals surface area contributed by atoms with Crippen LogP contribution in [0.25, 0.3) is 0 Å². The molecule has 0 bridgehead atoms. The summed E-state index contributed by atoms with van der Waals surface area (Å²) in [5, 5.41) is 38.6. The fourth-order valence-corrected chi connectivity index (χ4v) is 2.54. The number of aliphatic carboxylic acids is 1. The molecule has 0 unspecified atom stereocenters. The molecule has 0 aliphatic rings. The maximum absolute atomic E-state index is 12.4. The summed E-state index contributed by atoms with van der Waals surface area (Å²) in [7, 11) is 0. The third kappa shape index (κ3) is 5.54. The van der Waals surface area contributed by atoms with Crippen molar-refractivity contribution in [3.05, 3.63) is 41.5 Å². The zero-order valence-corrected chi connectivity index (χ0v) is 15.3. The Hall–Kier alpha value is -3.42. The van der Waals surface area contributed by atoms with Gasteiger partial charge in [-0.25, -0.2) is 4.79 Å². The van der Waals surface area contributed by atoms with Gasteiger partial charge < -0.3 is 29.9 Å². The molecule has 0 atom stereocenters. The van der Waals surface area contributed by atoms with Gasteiger partial charge in [-0.2, -0.15) is 0 Å². The second-order valence-corrected chi connectivity index (χ2v) is 6.09. The molecule has 28 heavy (non-hydrogen) atoms. The first-order valence-corrected chi connectivity index (χ1v) is 8.70. The largest absolute Gasteiger partial charge is 0.507 e. The topological polar surface area (TPSA) is 134 Å². The molecule has 0 aromatic heterocycles. The lowest BCUT2D eigenvalue weighted by Crippen LogP contribution is -2.09. The molecule has 8 heteroatoms. The molecule has 8 nitrogen and oxygen atoms in total. The molecule has 0 spiro atoms. The van der Waals surface area contributed by atoms with E-state index in [0.29, 0.717) is 17.9 Å². The molecule has 0 aliphatic heterocycles. The Labute approximate surface area is 161 Å². The summed E-state index contributed by atoms with van der Waals surface area (Å²) in [5.74, 6) is -2.46. The average molecular weight is 390 g/mol. The zero-order valence-electron chi connectivity index (χ0n) is 15.3. The Morgan fingerprint density at radius 3 is 2.21 bits per heavy atom. The van der Waals surface area contributed by atoms with Crippen LogP contribution in [0.15, 0.2) is 30.3 Å². The molecule has 4 N–H and O–H groups in total. The van der Waals surface area contributed by atoms with Crippen LogP contribution in [0.1, 0.15) is 35.7 Å². The van der Waals surface area contributed by atoms with Crippen LogP contribution in [0.3, 0.4) is 0 Å².